The smallest absolute Gasteiger partial charge is 0.267 e. The quantitative estimate of drug-likeness (QED) is 0.557. The van der Waals surface area contributed by atoms with Gasteiger partial charge in [0.2, 0.25) is 11.8 Å². The first-order valence-corrected chi connectivity index (χ1v) is 10.5. The molecule has 32 heavy (non-hydrogen) atoms. The van der Waals surface area contributed by atoms with Gasteiger partial charge < -0.3 is 24.8 Å². The van der Waals surface area contributed by atoms with Crippen molar-refractivity contribution in [3.63, 3.8) is 0 Å². The van der Waals surface area contributed by atoms with Crippen LogP contribution in [-0.2, 0) is 16.6 Å². The summed E-state index contributed by atoms with van der Waals surface area (Å²) in [7, 11) is 3.44. The highest BCUT2D eigenvalue weighted by atomic mass is 16.5. The Morgan fingerprint density at radius 3 is 2.50 bits per heavy atom. The van der Waals surface area contributed by atoms with E-state index in [1.54, 1.807) is 36.3 Å². The molecule has 2 N–H and O–H groups in total. The molecule has 1 saturated heterocycles. The first-order valence-electron chi connectivity index (χ1n) is 10.5. The molecule has 8 heteroatoms. The van der Waals surface area contributed by atoms with Crippen LogP contribution < -0.4 is 20.3 Å². The van der Waals surface area contributed by atoms with E-state index in [9.17, 15) is 14.4 Å². The molecule has 0 saturated carbocycles. The Morgan fingerprint density at radius 2 is 1.78 bits per heavy atom. The number of nitrogens with zero attached hydrogens (tertiary/aromatic N) is 2. The van der Waals surface area contributed by atoms with Crippen molar-refractivity contribution < 1.29 is 19.1 Å². The number of hydrogen-bond donors (Lipinski definition) is 2. The van der Waals surface area contributed by atoms with E-state index in [0.29, 0.717) is 31.1 Å². The summed E-state index contributed by atoms with van der Waals surface area (Å²) >= 11 is 0. The van der Waals surface area contributed by atoms with Crippen LogP contribution in [0.25, 0.3) is 10.9 Å². The molecule has 0 aliphatic carbocycles. The largest absolute Gasteiger partial charge is 0.497 e. The van der Waals surface area contributed by atoms with Crippen LogP contribution in [-0.4, -0.2) is 49.0 Å². The molecular weight excluding hydrogens is 408 g/mol. The minimum Gasteiger partial charge on any atom is -0.497 e. The van der Waals surface area contributed by atoms with Crippen LogP contribution in [0, 0.1) is 5.92 Å². The predicted octanol–water partition coefficient (Wildman–Crippen LogP) is 2.09. The zero-order valence-corrected chi connectivity index (χ0v) is 18.1. The second-order valence-electron chi connectivity index (χ2n) is 7.80. The van der Waals surface area contributed by atoms with Crippen LogP contribution in [0.15, 0.2) is 54.6 Å². The Bertz CT molecular complexity index is 1150. The molecule has 1 aromatic heterocycles. The molecule has 0 spiro atoms. The lowest BCUT2D eigenvalue weighted by molar-refractivity contribution is -0.126. The van der Waals surface area contributed by atoms with Crippen molar-refractivity contribution in [2.45, 2.75) is 6.42 Å². The van der Waals surface area contributed by atoms with Crippen molar-refractivity contribution in [1.82, 2.24) is 15.2 Å². The molecule has 3 aromatic rings. The van der Waals surface area contributed by atoms with Crippen LogP contribution in [0.1, 0.15) is 16.9 Å². The zero-order valence-electron chi connectivity index (χ0n) is 18.1. The maximum atomic E-state index is 12.5. The summed E-state index contributed by atoms with van der Waals surface area (Å²) in [5, 5.41) is 6.66. The van der Waals surface area contributed by atoms with Crippen LogP contribution >= 0.6 is 0 Å². The van der Waals surface area contributed by atoms with Gasteiger partial charge in [0.05, 0.1) is 13.0 Å². The van der Waals surface area contributed by atoms with E-state index < -0.39 is 5.92 Å². The van der Waals surface area contributed by atoms with Gasteiger partial charge in [0.25, 0.3) is 5.91 Å². The van der Waals surface area contributed by atoms with Crippen LogP contribution in [0.5, 0.6) is 5.75 Å². The minimum absolute atomic E-state index is 0.0839. The van der Waals surface area contributed by atoms with Gasteiger partial charge in [-0.2, -0.15) is 0 Å². The van der Waals surface area contributed by atoms with Gasteiger partial charge in [-0.05, 0) is 36.4 Å². The number of ether oxygens (including phenoxy) is 1. The van der Waals surface area contributed by atoms with Gasteiger partial charge in [-0.3, -0.25) is 14.4 Å². The number of methoxy groups -OCH3 is 1. The summed E-state index contributed by atoms with van der Waals surface area (Å²) in [6.07, 6.45) is 0.167. The Balaban J connectivity index is 1.26. The number of hydrogen-bond acceptors (Lipinski definition) is 4. The van der Waals surface area contributed by atoms with Gasteiger partial charge in [-0.15, -0.1) is 0 Å². The van der Waals surface area contributed by atoms with Crippen LogP contribution in [0.2, 0.25) is 0 Å². The predicted molar refractivity (Wildman–Crippen MR) is 122 cm³/mol. The van der Waals surface area contributed by atoms with Crippen molar-refractivity contribution in [3.05, 3.63) is 60.3 Å². The molecule has 0 radical (unpaired) electrons. The van der Waals surface area contributed by atoms with Crippen LogP contribution in [0.3, 0.4) is 0 Å². The number of carbonyl (C=O) groups is 3. The highest BCUT2D eigenvalue weighted by Gasteiger charge is 2.34. The van der Waals surface area contributed by atoms with Gasteiger partial charge in [0.1, 0.15) is 11.4 Å². The van der Waals surface area contributed by atoms with E-state index in [4.69, 9.17) is 4.74 Å². The average molecular weight is 434 g/mol. The number of amides is 3. The monoisotopic (exact) mass is 434 g/mol. The Kier molecular flexibility index (Phi) is 6.11. The average Bonchev–Trinajstić information content (AvgIpc) is 3.37. The summed E-state index contributed by atoms with van der Waals surface area (Å²) in [5.41, 5.74) is 2.29. The van der Waals surface area contributed by atoms with Gasteiger partial charge in [0, 0.05) is 49.7 Å². The summed E-state index contributed by atoms with van der Waals surface area (Å²) in [6.45, 7) is 0.927. The molecule has 8 nitrogen and oxygen atoms in total. The molecule has 1 aliphatic heterocycles. The number of anilines is 1. The zero-order chi connectivity index (χ0) is 22.7. The van der Waals surface area contributed by atoms with Crippen molar-refractivity contribution in [3.8, 4) is 5.75 Å². The highest BCUT2D eigenvalue weighted by Crippen LogP contribution is 2.27. The van der Waals surface area contributed by atoms with Gasteiger partial charge in [-0.1, -0.05) is 18.2 Å². The molecule has 0 unspecified atom stereocenters. The van der Waals surface area contributed by atoms with Crippen molar-refractivity contribution in [2.24, 2.45) is 13.0 Å². The van der Waals surface area contributed by atoms with E-state index in [0.717, 1.165) is 16.6 Å². The lowest BCUT2D eigenvalue weighted by Crippen LogP contribution is -2.38. The first-order chi connectivity index (χ1) is 15.5. The van der Waals surface area contributed by atoms with Crippen molar-refractivity contribution in [1.29, 1.82) is 0 Å². The molecule has 1 fully saturated rings. The van der Waals surface area contributed by atoms with Gasteiger partial charge in [0.15, 0.2) is 0 Å². The molecule has 4 rings (SSSR count). The summed E-state index contributed by atoms with van der Waals surface area (Å²) in [5.74, 6) is -0.175. The van der Waals surface area contributed by atoms with E-state index in [1.807, 2.05) is 41.9 Å². The number of benzene rings is 2. The Hall–Kier alpha value is -3.81. The number of aryl methyl sites for hydroxylation is 1. The molecule has 1 atom stereocenters. The fraction of sp³-hybridized carbons (Fsp3) is 0.292. The van der Waals surface area contributed by atoms with Crippen LogP contribution in [0.4, 0.5) is 5.69 Å². The van der Waals surface area contributed by atoms with Crippen molar-refractivity contribution >= 4 is 34.3 Å². The van der Waals surface area contributed by atoms with Gasteiger partial charge >= 0.3 is 0 Å². The number of para-hydroxylation sites is 1. The molecule has 166 valence electrons. The molecule has 2 aromatic carbocycles. The fourth-order valence-electron chi connectivity index (χ4n) is 4.00. The molecule has 3 amide bonds. The maximum Gasteiger partial charge on any atom is 0.267 e. The minimum atomic E-state index is -0.418. The standard InChI is InChI=1S/C24H26N4O4/c1-27-20-6-4-3-5-16(20)13-21(27)24(31)26-12-11-25-23(30)17-14-22(29)28(15-17)18-7-9-19(32-2)10-8-18/h3-10,13,17H,11-12,14-15H2,1-2H3,(H,25,30)(H,26,31)/t17-/m0/s1. The van der Waals surface area contributed by atoms with E-state index >= 15 is 0 Å². The number of aromatic nitrogens is 1. The topological polar surface area (TPSA) is 92.7 Å². The van der Waals surface area contributed by atoms with E-state index in [1.165, 1.54) is 0 Å². The third-order valence-electron chi connectivity index (χ3n) is 5.77. The Morgan fingerprint density at radius 1 is 1.06 bits per heavy atom. The third kappa shape index (κ3) is 4.30. The normalized spacial score (nSPS) is 15.8. The third-order valence-corrected chi connectivity index (χ3v) is 5.77. The number of rotatable bonds is 7. The molecular formula is C24H26N4O4. The maximum absolute atomic E-state index is 12.5. The lowest BCUT2D eigenvalue weighted by atomic mass is 10.1. The second kappa shape index (κ2) is 9.13. The first kappa shape index (κ1) is 21.4. The van der Waals surface area contributed by atoms with Crippen molar-refractivity contribution in [2.75, 3.05) is 31.6 Å². The molecule has 1 aliphatic rings. The van der Waals surface area contributed by atoms with E-state index in [-0.39, 0.29) is 24.1 Å². The number of fused-ring (bicyclic) bond motifs is 1. The summed E-state index contributed by atoms with van der Waals surface area (Å²) < 4.78 is 6.99. The molecule has 2 heterocycles. The number of nitrogens with one attached hydrogen (secondary N) is 2. The van der Waals surface area contributed by atoms with Gasteiger partial charge in [-0.25, -0.2) is 0 Å². The Labute approximate surface area is 186 Å². The van der Waals surface area contributed by atoms with E-state index in [2.05, 4.69) is 10.6 Å². The number of carbonyl (C=O) groups excluding carboxylic acids is 3. The SMILES string of the molecule is COc1ccc(N2C[C@@H](C(=O)NCCNC(=O)c3cc4ccccc4n3C)CC2=O)cc1. The summed E-state index contributed by atoms with van der Waals surface area (Å²) in [6, 6.07) is 16.8. The highest BCUT2D eigenvalue weighted by molar-refractivity contribution is 6.00. The second-order valence-corrected chi connectivity index (χ2v) is 7.80. The summed E-state index contributed by atoms with van der Waals surface area (Å²) in [4.78, 5) is 39.0. The lowest BCUT2D eigenvalue weighted by Gasteiger charge is -2.17. The fourth-order valence-corrected chi connectivity index (χ4v) is 4.00. The molecule has 0 bridgehead atoms.